The zero-order valence-corrected chi connectivity index (χ0v) is 18.7. The van der Waals surface area contributed by atoms with Crippen molar-refractivity contribution in [3.8, 4) is 0 Å². The second-order valence-electron chi connectivity index (χ2n) is 10.2. The molecule has 3 aliphatic rings. The van der Waals surface area contributed by atoms with Crippen LogP contribution in [-0.2, 0) is 5.21 Å². The van der Waals surface area contributed by atoms with E-state index < -0.39 is 40.7 Å². The molecule has 1 fully saturated rings. The molecule has 8 nitrogen and oxygen atoms in total. The largest absolute Gasteiger partial charge is 0.277 e. The number of hydrogen-bond donors (Lipinski definition) is 0. The van der Waals surface area contributed by atoms with Crippen molar-refractivity contribution >= 4 is 34.4 Å². The molecule has 1 saturated heterocycles. The van der Waals surface area contributed by atoms with Gasteiger partial charge in [0.1, 0.15) is 0 Å². The highest BCUT2D eigenvalue weighted by atomic mass is 16.5. The van der Waals surface area contributed by atoms with Crippen LogP contribution in [0.25, 0.3) is 10.8 Å². The van der Waals surface area contributed by atoms with Crippen molar-refractivity contribution in [2.45, 2.75) is 57.7 Å². The van der Waals surface area contributed by atoms with Crippen molar-refractivity contribution in [2.24, 2.45) is 0 Å². The van der Waals surface area contributed by atoms with Gasteiger partial charge in [-0.3, -0.25) is 29.0 Å². The van der Waals surface area contributed by atoms with Gasteiger partial charge in [0.05, 0.1) is 0 Å². The van der Waals surface area contributed by atoms with E-state index in [9.17, 15) is 24.4 Å². The van der Waals surface area contributed by atoms with Gasteiger partial charge in [0, 0.05) is 57.2 Å². The Bertz CT molecular complexity index is 1170. The molecule has 8 heteroatoms. The van der Waals surface area contributed by atoms with Gasteiger partial charge >= 0.3 is 0 Å². The Morgan fingerprint density at radius 2 is 1.03 bits per heavy atom. The van der Waals surface area contributed by atoms with Gasteiger partial charge in [-0.05, 0) is 64.8 Å². The fourth-order valence-electron chi connectivity index (χ4n) is 5.74. The van der Waals surface area contributed by atoms with Crippen LogP contribution in [-0.4, -0.2) is 62.7 Å². The number of nitrogens with zero attached hydrogens (tertiary/aromatic N) is 3. The average molecular weight is 434 g/mol. The smallest absolute Gasteiger partial charge is 0.261 e. The molecular formula is C24H24N3O5. The molecule has 2 aromatic rings. The van der Waals surface area contributed by atoms with E-state index in [-0.39, 0.29) is 0 Å². The molecule has 4 amide bonds. The molecule has 0 atom stereocenters. The fourth-order valence-corrected chi connectivity index (χ4v) is 5.74. The summed E-state index contributed by atoms with van der Waals surface area (Å²) in [6.07, 6.45) is 0.710. The number of benzene rings is 2. The third-order valence-electron chi connectivity index (χ3n) is 7.06. The summed E-state index contributed by atoms with van der Waals surface area (Å²) in [6, 6.07) is 5.78. The van der Waals surface area contributed by atoms with Gasteiger partial charge in [-0.15, -0.1) is 10.3 Å². The number of carbonyl (C=O) groups excluding carboxylic acids is 4. The van der Waals surface area contributed by atoms with Gasteiger partial charge in [-0.25, -0.2) is 0 Å². The SMILES string of the molecule is CN1C(=O)c2ccc3c4c(ccc(c24)C1=O)C(=O)N(C1CC(C)(C)N([O])C(C)(C)C1)C3=O. The Morgan fingerprint density at radius 1 is 0.688 bits per heavy atom. The molecule has 0 aliphatic carbocycles. The Kier molecular flexibility index (Phi) is 4.05. The summed E-state index contributed by atoms with van der Waals surface area (Å²) in [6.45, 7) is 7.28. The van der Waals surface area contributed by atoms with Crippen molar-refractivity contribution in [3.63, 3.8) is 0 Å². The monoisotopic (exact) mass is 434 g/mol. The van der Waals surface area contributed by atoms with Crippen LogP contribution in [0.3, 0.4) is 0 Å². The molecule has 3 heterocycles. The van der Waals surface area contributed by atoms with E-state index in [4.69, 9.17) is 0 Å². The first kappa shape index (κ1) is 20.8. The van der Waals surface area contributed by atoms with Gasteiger partial charge in [-0.2, -0.15) is 0 Å². The van der Waals surface area contributed by atoms with Crippen LogP contribution in [0.5, 0.6) is 0 Å². The zero-order valence-electron chi connectivity index (χ0n) is 18.7. The number of carbonyl (C=O) groups is 4. The second-order valence-corrected chi connectivity index (χ2v) is 10.2. The maximum atomic E-state index is 13.6. The lowest BCUT2D eigenvalue weighted by molar-refractivity contribution is -0.292. The minimum absolute atomic E-state index is 0.297. The molecule has 0 bridgehead atoms. The maximum Gasteiger partial charge on any atom is 0.261 e. The lowest BCUT2D eigenvalue weighted by atomic mass is 9.77. The molecule has 2 aromatic carbocycles. The molecule has 5 rings (SSSR count). The first-order valence-electron chi connectivity index (χ1n) is 10.6. The summed E-state index contributed by atoms with van der Waals surface area (Å²) < 4.78 is 0. The third-order valence-corrected chi connectivity index (χ3v) is 7.06. The Balaban J connectivity index is 1.68. The van der Waals surface area contributed by atoms with Crippen LogP contribution in [0.2, 0.25) is 0 Å². The lowest BCUT2D eigenvalue weighted by Crippen LogP contribution is -2.64. The number of hydroxylamine groups is 2. The molecule has 32 heavy (non-hydrogen) atoms. The molecule has 0 unspecified atom stereocenters. The molecule has 0 aromatic heterocycles. The lowest BCUT2D eigenvalue weighted by Gasteiger charge is -2.52. The molecular weight excluding hydrogens is 410 g/mol. The van der Waals surface area contributed by atoms with Crippen LogP contribution >= 0.6 is 0 Å². The highest BCUT2D eigenvalue weighted by molar-refractivity contribution is 6.33. The highest BCUT2D eigenvalue weighted by Gasteiger charge is 2.51. The number of hydrogen-bond acceptors (Lipinski definition) is 5. The number of rotatable bonds is 1. The highest BCUT2D eigenvalue weighted by Crippen LogP contribution is 2.43. The van der Waals surface area contributed by atoms with Gasteiger partial charge < -0.3 is 0 Å². The number of imide groups is 2. The molecule has 0 N–H and O–H groups in total. The van der Waals surface area contributed by atoms with E-state index in [1.165, 1.54) is 11.9 Å². The van der Waals surface area contributed by atoms with Crippen LogP contribution in [0, 0.1) is 0 Å². The third kappa shape index (κ3) is 2.50. The normalized spacial score (nSPS) is 22.8. The van der Waals surface area contributed by atoms with Crippen molar-refractivity contribution in [2.75, 3.05) is 7.05 Å². The van der Waals surface area contributed by atoms with Crippen molar-refractivity contribution in [1.29, 1.82) is 0 Å². The van der Waals surface area contributed by atoms with E-state index >= 15 is 0 Å². The molecule has 1 radical (unpaired) electrons. The summed E-state index contributed by atoms with van der Waals surface area (Å²) in [5.41, 5.74) is -0.297. The second kappa shape index (κ2) is 6.24. The van der Waals surface area contributed by atoms with Crippen LogP contribution in [0.4, 0.5) is 0 Å². The van der Waals surface area contributed by atoms with Crippen LogP contribution in [0.15, 0.2) is 24.3 Å². The van der Waals surface area contributed by atoms with Gasteiger partial charge in [-0.1, -0.05) is 0 Å². The van der Waals surface area contributed by atoms with Crippen LogP contribution < -0.4 is 0 Å². The van der Waals surface area contributed by atoms with E-state index in [1.54, 1.807) is 24.3 Å². The predicted molar refractivity (Wildman–Crippen MR) is 115 cm³/mol. The summed E-state index contributed by atoms with van der Waals surface area (Å²) in [4.78, 5) is 54.9. The Labute approximate surface area is 185 Å². The average Bonchev–Trinajstić information content (AvgIpc) is 2.72. The van der Waals surface area contributed by atoms with Crippen LogP contribution in [0.1, 0.15) is 82.0 Å². The number of piperidine rings is 1. The number of amides is 4. The van der Waals surface area contributed by atoms with Crippen molar-refractivity contribution in [3.05, 3.63) is 46.5 Å². The maximum absolute atomic E-state index is 13.6. The minimum Gasteiger partial charge on any atom is -0.277 e. The van der Waals surface area contributed by atoms with E-state index in [0.29, 0.717) is 45.9 Å². The predicted octanol–water partition coefficient (Wildman–Crippen LogP) is 3.03. The van der Waals surface area contributed by atoms with E-state index in [1.807, 2.05) is 27.7 Å². The zero-order chi connectivity index (χ0) is 23.3. The van der Waals surface area contributed by atoms with Gasteiger partial charge in [0.2, 0.25) is 0 Å². The Hall–Kier alpha value is -3.10. The summed E-state index contributed by atoms with van der Waals surface area (Å²) >= 11 is 0. The standard InChI is InChI=1S/C24H24N3O5/c1-23(2)10-12(11-24(3,4)27(23)32)26-21(30)15-8-6-13-17-14(20(29)25(5)19(13)28)7-9-16(18(15)17)22(26)31/h6-9,12H,10-11H2,1-5H3. The van der Waals surface area contributed by atoms with Gasteiger partial charge in [0.15, 0.2) is 0 Å². The molecule has 0 spiro atoms. The molecule has 0 saturated carbocycles. The topological polar surface area (TPSA) is 97.9 Å². The summed E-state index contributed by atoms with van der Waals surface area (Å²) in [7, 11) is 1.41. The molecule has 165 valence electrons. The Morgan fingerprint density at radius 3 is 1.41 bits per heavy atom. The van der Waals surface area contributed by atoms with Crippen molar-refractivity contribution in [1.82, 2.24) is 14.9 Å². The molecule has 3 aliphatic heterocycles. The van der Waals surface area contributed by atoms with Crippen molar-refractivity contribution < 1.29 is 24.4 Å². The minimum atomic E-state index is -0.749. The summed E-state index contributed by atoms with van der Waals surface area (Å²) in [5, 5.41) is 14.6. The first-order chi connectivity index (χ1) is 14.9. The van der Waals surface area contributed by atoms with E-state index in [0.717, 1.165) is 9.96 Å². The fraction of sp³-hybridized carbons (Fsp3) is 0.417. The quantitative estimate of drug-likeness (QED) is 0.643. The first-order valence-corrected chi connectivity index (χ1v) is 10.6. The van der Waals surface area contributed by atoms with E-state index in [2.05, 4.69) is 0 Å². The van der Waals surface area contributed by atoms with Gasteiger partial charge in [0.25, 0.3) is 23.6 Å². The summed E-state index contributed by atoms with van der Waals surface area (Å²) in [5.74, 6) is -1.83.